The predicted octanol–water partition coefficient (Wildman–Crippen LogP) is 6.48. The standard InChI is InChI=1S/C34H39F6N5O4/c1-19-9-20-11-21(10-19)32(13-20,29(47)48)43-28(46)24-14-41-30(42-27(24)34(38,39)40)45-17-31(7-3-2-4-8-31)25-12-22(5-6-26(25)45)49-23-15-44(16-23)18-33(35,36)37/h5-6,12,14,19-21,23H,2-4,7-11,13,15-18H2,1H3,(H,43,46)(H,47,48). The van der Waals surface area contributed by atoms with Crippen molar-refractivity contribution >= 4 is 23.5 Å². The van der Waals surface area contributed by atoms with E-state index in [2.05, 4.69) is 15.3 Å². The van der Waals surface area contributed by atoms with Crippen LogP contribution >= 0.6 is 0 Å². The highest BCUT2D eigenvalue weighted by molar-refractivity contribution is 5.99. The van der Waals surface area contributed by atoms with E-state index in [0.29, 0.717) is 30.8 Å². The van der Waals surface area contributed by atoms with Crippen LogP contribution < -0.4 is 15.0 Å². The Hall–Kier alpha value is -3.62. The minimum absolute atomic E-state index is 0.0666. The van der Waals surface area contributed by atoms with Gasteiger partial charge in [-0.1, -0.05) is 26.2 Å². The molecular formula is C34H39F6N5O4. The Morgan fingerprint density at radius 2 is 1.80 bits per heavy atom. The first-order valence-corrected chi connectivity index (χ1v) is 16.9. The zero-order valence-electron chi connectivity index (χ0n) is 27.0. The lowest BCUT2D eigenvalue weighted by atomic mass is 9.71. The third kappa shape index (κ3) is 6.31. The normalized spacial score (nSPS) is 28.3. The van der Waals surface area contributed by atoms with Crippen LogP contribution in [0.1, 0.15) is 86.3 Å². The summed E-state index contributed by atoms with van der Waals surface area (Å²) in [5.41, 5.74) is -2.89. The van der Waals surface area contributed by atoms with Crippen molar-refractivity contribution in [2.45, 2.75) is 94.1 Å². The minimum atomic E-state index is -5.04. The van der Waals surface area contributed by atoms with Crippen molar-refractivity contribution in [1.29, 1.82) is 0 Å². The number of hydrogen-bond donors (Lipinski definition) is 2. The highest BCUT2D eigenvalue weighted by Gasteiger charge is 2.57. The van der Waals surface area contributed by atoms with Gasteiger partial charge in [-0.05, 0) is 80.0 Å². The van der Waals surface area contributed by atoms with Crippen LogP contribution in [0.4, 0.5) is 38.0 Å². The lowest BCUT2D eigenvalue weighted by Gasteiger charge is -2.39. The summed E-state index contributed by atoms with van der Waals surface area (Å²) in [5, 5.41) is 12.7. The molecule has 4 fully saturated rings. The molecule has 0 radical (unpaired) electrons. The van der Waals surface area contributed by atoms with Gasteiger partial charge in [0.2, 0.25) is 5.95 Å². The molecule has 1 amide bonds. The molecule has 1 aromatic carbocycles. The maximum Gasteiger partial charge on any atom is 0.434 e. The largest absolute Gasteiger partial charge is 0.488 e. The first kappa shape index (κ1) is 33.9. The van der Waals surface area contributed by atoms with Crippen molar-refractivity contribution in [3.63, 3.8) is 0 Å². The molecule has 3 aliphatic carbocycles. The van der Waals surface area contributed by atoms with Gasteiger partial charge in [0.15, 0.2) is 5.69 Å². The monoisotopic (exact) mass is 695 g/mol. The van der Waals surface area contributed by atoms with Gasteiger partial charge >= 0.3 is 18.3 Å². The Bertz CT molecular complexity index is 1620. The van der Waals surface area contributed by atoms with Crippen LogP contribution in [0.3, 0.4) is 0 Å². The number of carbonyl (C=O) groups excluding carboxylic acids is 1. The summed E-state index contributed by atoms with van der Waals surface area (Å²) in [6, 6.07) is 5.20. The number of nitrogens with one attached hydrogen (secondary N) is 1. The van der Waals surface area contributed by atoms with E-state index in [1.54, 1.807) is 17.0 Å². The second kappa shape index (κ2) is 12.0. The van der Waals surface area contributed by atoms with Crippen molar-refractivity contribution in [2.24, 2.45) is 17.8 Å². The van der Waals surface area contributed by atoms with Gasteiger partial charge in [0.05, 0.1) is 12.1 Å². The van der Waals surface area contributed by atoms with Gasteiger partial charge in [0.25, 0.3) is 5.91 Å². The number of nitrogens with zero attached hydrogens (tertiary/aromatic N) is 4. The van der Waals surface area contributed by atoms with Crippen molar-refractivity contribution in [1.82, 2.24) is 20.2 Å². The van der Waals surface area contributed by atoms with Crippen LogP contribution in [-0.4, -0.2) is 75.8 Å². The Kier molecular flexibility index (Phi) is 8.30. The smallest absolute Gasteiger partial charge is 0.434 e. The number of aromatic nitrogens is 2. The van der Waals surface area contributed by atoms with Crippen molar-refractivity contribution in [3.05, 3.63) is 41.2 Å². The first-order chi connectivity index (χ1) is 23.1. The maximum atomic E-state index is 14.6. The van der Waals surface area contributed by atoms with Gasteiger partial charge < -0.3 is 20.1 Å². The van der Waals surface area contributed by atoms with E-state index >= 15 is 0 Å². The van der Waals surface area contributed by atoms with Gasteiger partial charge in [0.1, 0.15) is 17.4 Å². The molecule has 7 rings (SSSR count). The van der Waals surface area contributed by atoms with Gasteiger partial charge in [-0.2, -0.15) is 26.3 Å². The number of halogens is 6. The molecule has 3 heterocycles. The SMILES string of the molecule is CC1CC2CC(C1)C(NC(=O)c1cnc(N3CC4(CCCCC4)c4cc(OC5CN(CC(F)(F)F)C5)ccc43)nc1C(F)(F)F)(C(=O)O)C2. The summed E-state index contributed by atoms with van der Waals surface area (Å²) < 4.78 is 88.0. The number of benzene rings is 1. The van der Waals surface area contributed by atoms with E-state index in [0.717, 1.165) is 50.3 Å². The molecular weight excluding hydrogens is 656 g/mol. The molecule has 3 saturated carbocycles. The van der Waals surface area contributed by atoms with Gasteiger partial charge in [-0.15, -0.1) is 0 Å². The van der Waals surface area contributed by atoms with Crippen LogP contribution in [0, 0.1) is 17.8 Å². The molecule has 266 valence electrons. The number of hydrogen-bond acceptors (Lipinski definition) is 7. The topological polar surface area (TPSA) is 108 Å². The summed E-state index contributed by atoms with van der Waals surface area (Å²) in [4.78, 5) is 37.1. The zero-order valence-corrected chi connectivity index (χ0v) is 27.0. The average Bonchev–Trinajstić information content (AvgIpc) is 3.45. The lowest BCUT2D eigenvalue weighted by molar-refractivity contribution is -0.162. The van der Waals surface area contributed by atoms with Crippen molar-refractivity contribution in [2.75, 3.05) is 31.1 Å². The summed E-state index contributed by atoms with van der Waals surface area (Å²) >= 11 is 0. The number of anilines is 2. The Balaban J connectivity index is 1.17. The van der Waals surface area contributed by atoms with E-state index in [-0.39, 0.29) is 43.2 Å². The fourth-order valence-corrected chi connectivity index (χ4v) is 9.29. The number of fused-ring (bicyclic) bond motifs is 4. The highest BCUT2D eigenvalue weighted by atomic mass is 19.4. The fraction of sp³-hybridized carbons (Fsp3) is 0.647. The van der Waals surface area contributed by atoms with Gasteiger partial charge in [-0.25, -0.2) is 14.8 Å². The number of carboxylic acid groups (broad SMARTS) is 1. The third-order valence-electron chi connectivity index (χ3n) is 11.3. The first-order valence-electron chi connectivity index (χ1n) is 16.9. The van der Waals surface area contributed by atoms with E-state index in [9.17, 15) is 41.0 Å². The highest BCUT2D eigenvalue weighted by Crippen LogP contribution is 2.53. The Morgan fingerprint density at radius 3 is 2.47 bits per heavy atom. The van der Waals surface area contributed by atoms with E-state index in [1.165, 1.54) is 4.90 Å². The number of ether oxygens (including phenoxy) is 1. The molecule has 2 N–H and O–H groups in total. The molecule has 49 heavy (non-hydrogen) atoms. The second-order valence-electron chi connectivity index (χ2n) is 14.9. The van der Waals surface area contributed by atoms with Crippen molar-refractivity contribution in [3.8, 4) is 5.75 Å². The molecule has 4 unspecified atom stereocenters. The molecule has 1 spiro atoms. The van der Waals surface area contributed by atoms with Gasteiger partial charge in [-0.3, -0.25) is 9.69 Å². The molecule has 2 aromatic rings. The summed E-state index contributed by atoms with van der Waals surface area (Å²) in [7, 11) is 0. The number of rotatable bonds is 7. The number of amides is 1. The molecule has 9 nitrogen and oxygen atoms in total. The second-order valence-corrected chi connectivity index (χ2v) is 14.9. The summed E-state index contributed by atoms with van der Waals surface area (Å²) in [6.07, 6.45) is -2.40. The van der Waals surface area contributed by atoms with Crippen molar-refractivity contribution < 1.29 is 45.8 Å². The fourth-order valence-electron chi connectivity index (χ4n) is 9.29. The molecule has 5 aliphatic rings. The van der Waals surface area contributed by atoms with Crippen LogP contribution in [0.15, 0.2) is 24.4 Å². The molecule has 2 bridgehead atoms. The lowest BCUT2D eigenvalue weighted by Crippen LogP contribution is -2.57. The summed E-state index contributed by atoms with van der Waals surface area (Å²) in [6.45, 7) is 1.58. The van der Waals surface area contributed by atoms with E-state index in [4.69, 9.17) is 4.74 Å². The average molecular weight is 696 g/mol. The predicted molar refractivity (Wildman–Crippen MR) is 165 cm³/mol. The molecule has 2 aliphatic heterocycles. The van der Waals surface area contributed by atoms with Gasteiger partial charge in [0, 0.05) is 36.9 Å². The molecule has 1 saturated heterocycles. The minimum Gasteiger partial charge on any atom is -0.488 e. The molecule has 1 aromatic heterocycles. The number of aliphatic carboxylic acids is 1. The van der Waals surface area contributed by atoms with E-state index in [1.807, 2.05) is 13.0 Å². The molecule has 15 heteroatoms. The maximum absolute atomic E-state index is 14.6. The Labute approximate surface area is 279 Å². The number of likely N-dealkylation sites (tertiary alicyclic amines) is 1. The number of carbonyl (C=O) groups is 2. The third-order valence-corrected chi connectivity index (χ3v) is 11.3. The Morgan fingerprint density at radius 1 is 1.06 bits per heavy atom. The zero-order chi connectivity index (χ0) is 34.9. The van der Waals surface area contributed by atoms with E-state index < -0.39 is 59.1 Å². The van der Waals surface area contributed by atoms with Crippen LogP contribution in [0.2, 0.25) is 0 Å². The quantitative estimate of drug-likeness (QED) is 0.317. The van der Waals surface area contributed by atoms with Crippen LogP contribution in [0.25, 0.3) is 0 Å². The van der Waals surface area contributed by atoms with Crippen LogP contribution in [-0.2, 0) is 16.4 Å². The molecule has 4 atom stereocenters. The number of alkyl halides is 6. The van der Waals surface area contributed by atoms with Crippen LogP contribution in [0.5, 0.6) is 5.75 Å². The number of carboxylic acids is 1. The summed E-state index contributed by atoms with van der Waals surface area (Å²) in [5.74, 6) is -2.25.